The van der Waals surface area contributed by atoms with Crippen LogP contribution in [0.15, 0.2) is 48.5 Å². The van der Waals surface area contributed by atoms with Crippen molar-refractivity contribution >= 4 is 11.8 Å². The van der Waals surface area contributed by atoms with Crippen molar-refractivity contribution in [1.82, 2.24) is 0 Å². The first-order valence-corrected chi connectivity index (χ1v) is 14.2. The number of hydrogen-bond donors (Lipinski definition) is 0. The van der Waals surface area contributed by atoms with Crippen molar-refractivity contribution in [1.29, 1.82) is 0 Å². The van der Waals surface area contributed by atoms with Gasteiger partial charge in [0.15, 0.2) is 5.78 Å². The molecule has 0 N–H and O–H groups in total. The Hall–Kier alpha value is -2.62. The Bertz CT molecular complexity index is 855. The molecule has 36 heavy (non-hydrogen) atoms. The predicted molar refractivity (Wildman–Crippen MR) is 148 cm³/mol. The summed E-state index contributed by atoms with van der Waals surface area (Å²) in [6, 6.07) is 13.9. The van der Waals surface area contributed by atoms with Crippen molar-refractivity contribution in [2.45, 2.75) is 110 Å². The number of hydrogen-bond acceptors (Lipinski definition) is 4. The van der Waals surface area contributed by atoms with Crippen LogP contribution in [0, 0.1) is 0 Å². The standard InChI is InChI=1S/C32H46O4/c1-3-5-7-9-11-12-14-16-26-35-29-22-20-28(21-23-29)32(34)36-30-24-18-27(19-25-30)31(33)17-15-13-10-8-6-4-2/h18-25H,3-17,26H2,1-2H3. The molecule has 0 aliphatic rings. The quantitative estimate of drug-likeness (QED) is 0.0796. The van der Waals surface area contributed by atoms with Gasteiger partial charge in [-0.05, 0) is 61.4 Å². The highest BCUT2D eigenvalue weighted by atomic mass is 16.5. The molecule has 0 spiro atoms. The second kappa shape index (κ2) is 18.6. The molecule has 0 amide bonds. The zero-order chi connectivity index (χ0) is 25.8. The molecule has 0 saturated heterocycles. The zero-order valence-corrected chi connectivity index (χ0v) is 22.6. The van der Waals surface area contributed by atoms with Crippen molar-refractivity contribution in [2.24, 2.45) is 0 Å². The summed E-state index contributed by atoms with van der Waals surface area (Å²) in [5, 5.41) is 0. The highest BCUT2D eigenvalue weighted by Crippen LogP contribution is 2.19. The maximum Gasteiger partial charge on any atom is 0.343 e. The second-order valence-corrected chi connectivity index (χ2v) is 9.70. The minimum absolute atomic E-state index is 0.144. The molecule has 2 aromatic carbocycles. The van der Waals surface area contributed by atoms with Crippen molar-refractivity contribution in [2.75, 3.05) is 6.61 Å². The van der Waals surface area contributed by atoms with E-state index in [4.69, 9.17) is 9.47 Å². The van der Waals surface area contributed by atoms with Crippen LogP contribution in [-0.4, -0.2) is 18.4 Å². The molecule has 0 unspecified atom stereocenters. The summed E-state index contributed by atoms with van der Waals surface area (Å²) in [6.45, 7) is 5.14. The molecule has 0 aliphatic carbocycles. The van der Waals surface area contributed by atoms with Crippen molar-refractivity contribution in [3.05, 3.63) is 59.7 Å². The fraction of sp³-hybridized carbons (Fsp3) is 0.562. The van der Waals surface area contributed by atoms with Crippen molar-refractivity contribution in [3.63, 3.8) is 0 Å². The molecule has 0 radical (unpaired) electrons. The largest absolute Gasteiger partial charge is 0.494 e. The van der Waals surface area contributed by atoms with Gasteiger partial charge in [-0.1, -0.05) is 90.9 Å². The second-order valence-electron chi connectivity index (χ2n) is 9.70. The third-order valence-corrected chi connectivity index (χ3v) is 6.50. The Labute approximate surface area is 218 Å². The number of carbonyl (C=O) groups is 2. The Kier molecular flexibility index (Phi) is 15.3. The lowest BCUT2D eigenvalue weighted by atomic mass is 10.0. The number of Topliss-reactive ketones (excluding diaryl/α,β-unsaturated/α-hetero) is 1. The maximum absolute atomic E-state index is 12.5. The SMILES string of the molecule is CCCCCCCCCCOc1ccc(C(=O)Oc2ccc(C(=O)CCCCCCCC)cc2)cc1. The van der Waals surface area contributed by atoms with Crippen molar-refractivity contribution in [3.8, 4) is 11.5 Å². The van der Waals surface area contributed by atoms with E-state index in [1.807, 2.05) is 12.1 Å². The molecule has 4 nitrogen and oxygen atoms in total. The molecule has 0 saturated carbocycles. The van der Waals surface area contributed by atoms with E-state index < -0.39 is 5.97 Å². The van der Waals surface area contributed by atoms with Gasteiger partial charge in [-0.15, -0.1) is 0 Å². The molecule has 0 aromatic heterocycles. The molecule has 2 aromatic rings. The molecule has 0 aliphatic heterocycles. The van der Waals surface area contributed by atoms with Crippen LogP contribution in [0.5, 0.6) is 11.5 Å². The third-order valence-electron chi connectivity index (χ3n) is 6.50. The van der Waals surface area contributed by atoms with Crippen LogP contribution < -0.4 is 9.47 Å². The van der Waals surface area contributed by atoms with Crippen LogP contribution in [0.25, 0.3) is 0 Å². The van der Waals surface area contributed by atoms with Crippen LogP contribution in [0.2, 0.25) is 0 Å². The number of ketones is 1. The van der Waals surface area contributed by atoms with Gasteiger partial charge >= 0.3 is 5.97 Å². The predicted octanol–water partition coefficient (Wildman–Crippen LogP) is 9.36. The summed E-state index contributed by atoms with van der Waals surface area (Å²) in [5.74, 6) is 0.926. The Morgan fingerprint density at radius 1 is 0.556 bits per heavy atom. The molecule has 0 heterocycles. The summed E-state index contributed by atoms with van der Waals surface area (Å²) < 4.78 is 11.3. The monoisotopic (exact) mass is 494 g/mol. The Morgan fingerprint density at radius 3 is 1.61 bits per heavy atom. The van der Waals surface area contributed by atoms with Gasteiger partial charge in [0.25, 0.3) is 0 Å². The van der Waals surface area contributed by atoms with E-state index >= 15 is 0 Å². The van der Waals surface area contributed by atoms with Crippen LogP contribution in [0.4, 0.5) is 0 Å². The first-order valence-electron chi connectivity index (χ1n) is 14.2. The summed E-state index contributed by atoms with van der Waals surface area (Å²) in [4.78, 5) is 24.9. The van der Waals surface area contributed by atoms with E-state index in [9.17, 15) is 9.59 Å². The van der Waals surface area contributed by atoms with Gasteiger partial charge in [0.2, 0.25) is 0 Å². The average Bonchev–Trinajstić information content (AvgIpc) is 2.90. The van der Waals surface area contributed by atoms with Crippen LogP contribution in [0.3, 0.4) is 0 Å². The van der Waals surface area contributed by atoms with Crippen LogP contribution in [-0.2, 0) is 0 Å². The lowest BCUT2D eigenvalue weighted by Gasteiger charge is -2.08. The molecule has 0 atom stereocenters. The van der Waals surface area contributed by atoms with Gasteiger partial charge in [-0.3, -0.25) is 4.79 Å². The fourth-order valence-corrected chi connectivity index (χ4v) is 4.20. The minimum Gasteiger partial charge on any atom is -0.494 e. The highest BCUT2D eigenvalue weighted by molar-refractivity contribution is 5.96. The summed E-state index contributed by atoms with van der Waals surface area (Å²) in [5.41, 5.74) is 1.14. The molecule has 4 heteroatoms. The number of carbonyl (C=O) groups excluding carboxylic acids is 2. The summed E-state index contributed by atoms with van der Waals surface area (Å²) >= 11 is 0. The molecule has 2 rings (SSSR count). The topological polar surface area (TPSA) is 52.6 Å². The van der Waals surface area contributed by atoms with Gasteiger partial charge in [-0.2, -0.15) is 0 Å². The zero-order valence-electron chi connectivity index (χ0n) is 22.6. The summed E-state index contributed by atoms with van der Waals surface area (Å²) in [7, 11) is 0. The van der Waals surface area contributed by atoms with Gasteiger partial charge in [0.1, 0.15) is 11.5 Å². The first-order chi connectivity index (χ1) is 17.6. The van der Waals surface area contributed by atoms with Crippen LogP contribution >= 0.6 is 0 Å². The number of rotatable bonds is 20. The van der Waals surface area contributed by atoms with Gasteiger partial charge in [0.05, 0.1) is 12.2 Å². The van der Waals surface area contributed by atoms with Gasteiger partial charge in [-0.25, -0.2) is 4.79 Å². The molecular formula is C32H46O4. The summed E-state index contributed by atoms with van der Waals surface area (Å²) in [6.07, 6.45) is 17.7. The molecule has 0 bridgehead atoms. The van der Waals surface area contributed by atoms with E-state index in [2.05, 4.69) is 13.8 Å². The van der Waals surface area contributed by atoms with Gasteiger partial charge in [0, 0.05) is 12.0 Å². The van der Waals surface area contributed by atoms with E-state index in [0.29, 0.717) is 29.9 Å². The smallest absolute Gasteiger partial charge is 0.343 e. The van der Waals surface area contributed by atoms with Crippen molar-refractivity contribution < 1.29 is 19.1 Å². The number of benzene rings is 2. The fourth-order valence-electron chi connectivity index (χ4n) is 4.20. The molecule has 0 fully saturated rings. The van der Waals surface area contributed by atoms with E-state index in [1.54, 1.807) is 36.4 Å². The number of ether oxygens (including phenoxy) is 2. The minimum atomic E-state index is -0.421. The molecular weight excluding hydrogens is 448 g/mol. The molecule has 198 valence electrons. The average molecular weight is 495 g/mol. The van der Waals surface area contributed by atoms with E-state index in [-0.39, 0.29) is 5.78 Å². The Morgan fingerprint density at radius 2 is 1.03 bits per heavy atom. The first kappa shape index (κ1) is 29.6. The lowest BCUT2D eigenvalue weighted by Crippen LogP contribution is -2.08. The maximum atomic E-state index is 12.5. The van der Waals surface area contributed by atoms with Gasteiger partial charge < -0.3 is 9.47 Å². The van der Waals surface area contributed by atoms with E-state index in [1.165, 1.54) is 70.6 Å². The number of esters is 1. The normalized spacial score (nSPS) is 10.8. The highest BCUT2D eigenvalue weighted by Gasteiger charge is 2.11. The number of unbranched alkanes of at least 4 members (excludes halogenated alkanes) is 12. The van der Waals surface area contributed by atoms with E-state index in [0.717, 1.165) is 25.0 Å². The Balaban J connectivity index is 1.66. The lowest BCUT2D eigenvalue weighted by molar-refractivity contribution is 0.0734. The van der Waals surface area contributed by atoms with Crippen LogP contribution in [0.1, 0.15) is 131 Å². The third kappa shape index (κ3) is 12.4.